The molecule has 1 aromatic carbocycles. The van der Waals surface area contributed by atoms with Crippen LogP contribution < -0.4 is 10.5 Å². The molecule has 0 spiro atoms. The number of sulfonamides is 1. The van der Waals surface area contributed by atoms with Crippen molar-refractivity contribution in [2.75, 3.05) is 11.3 Å². The topological polar surface area (TPSA) is 96.0 Å². The zero-order chi connectivity index (χ0) is 13.6. The van der Waals surface area contributed by atoms with Crippen molar-refractivity contribution in [2.24, 2.45) is 5.73 Å². The highest BCUT2D eigenvalue weighted by molar-refractivity contribution is 7.93. The first kappa shape index (κ1) is 14.0. The average Bonchev–Trinajstić information content (AvgIpc) is 2.35. The molecule has 6 heteroatoms. The minimum Gasteiger partial charge on any atom is -0.320 e. The molecule has 0 amide bonds. The molecule has 1 atom stereocenters. The van der Waals surface area contributed by atoms with Gasteiger partial charge in [-0.2, -0.15) is 5.26 Å². The van der Waals surface area contributed by atoms with Crippen molar-refractivity contribution in [3.63, 3.8) is 0 Å². The first-order valence-corrected chi connectivity index (χ1v) is 6.74. The van der Waals surface area contributed by atoms with Crippen LogP contribution in [0.25, 0.3) is 0 Å². The molecular formula is C12H13N3O2S. The normalized spacial score (nSPS) is 11.8. The highest BCUT2D eigenvalue weighted by atomic mass is 32.2. The Morgan fingerprint density at radius 3 is 2.83 bits per heavy atom. The van der Waals surface area contributed by atoms with E-state index in [2.05, 4.69) is 16.6 Å². The second-order valence-corrected chi connectivity index (χ2v) is 5.51. The van der Waals surface area contributed by atoms with Crippen LogP contribution in [0.3, 0.4) is 0 Å². The third-order valence-corrected chi connectivity index (χ3v) is 3.66. The van der Waals surface area contributed by atoms with Crippen LogP contribution in [-0.4, -0.2) is 20.2 Å². The predicted octanol–water partition coefficient (Wildman–Crippen LogP) is 0.651. The van der Waals surface area contributed by atoms with Gasteiger partial charge in [0, 0.05) is 11.3 Å². The van der Waals surface area contributed by atoms with Gasteiger partial charge in [0.05, 0.1) is 12.6 Å². The summed E-state index contributed by atoms with van der Waals surface area (Å²) in [6, 6.07) is 8.28. The number of hydrogen-bond acceptors (Lipinski definition) is 4. The van der Waals surface area contributed by atoms with E-state index in [-0.39, 0.29) is 6.54 Å². The maximum absolute atomic E-state index is 11.7. The van der Waals surface area contributed by atoms with Crippen molar-refractivity contribution in [3.8, 4) is 17.9 Å². The Labute approximate surface area is 107 Å². The Hall–Kier alpha value is -2.02. The number of benzene rings is 1. The van der Waals surface area contributed by atoms with Crippen LogP contribution in [0.2, 0.25) is 0 Å². The fourth-order valence-electron chi connectivity index (χ4n) is 1.14. The third kappa shape index (κ3) is 3.77. The van der Waals surface area contributed by atoms with Gasteiger partial charge < -0.3 is 5.73 Å². The summed E-state index contributed by atoms with van der Waals surface area (Å²) < 4.78 is 25.7. The van der Waals surface area contributed by atoms with Gasteiger partial charge in [0.25, 0.3) is 0 Å². The highest BCUT2D eigenvalue weighted by Crippen LogP contribution is 2.13. The van der Waals surface area contributed by atoms with Gasteiger partial charge in [-0.25, -0.2) is 8.42 Å². The molecule has 0 aromatic heterocycles. The average molecular weight is 263 g/mol. The largest absolute Gasteiger partial charge is 0.320 e. The Morgan fingerprint density at radius 1 is 1.50 bits per heavy atom. The molecule has 0 bridgehead atoms. The van der Waals surface area contributed by atoms with Gasteiger partial charge >= 0.3 is 0 Å². The van der Waals surface area contributed by atoms with E-state index in [1.54, 1.807) is 30.3 Å². The smallest absolute Gasteiger partial charge is 0.248 e. The van der Waals surface area contributed by atoms with Crippen molar-refractivity contribution in [1.29, 1.82) is 5.26 Å². The number of nitrogens with one attached hydrogen (secondary N) is 1. The molecule has 1 rings (SSSR count). The predicted molar refractivity (Wildman–Crippen MR) is 70.0 cm³/mol. The van der Waals surface area contributed by atoms with Gasteiger partial charge in [-0.05, 0) is 25.1 Å². The molecular weight excluding hydrogens is 250 g/mol. The van der Waals surface area contributed by atoms with E-state index < -0.39 is 15.3 Å². The van der Waals surface area contributed by atoms with Crippen LogP contribution in [0.5, 0.6) is 0 Å². The molecule has 0 aliphatic carbocycles. The zero-order valence-corrected chi connectivity index (χ0v) is 10.7. The number of hydrogen-bond donors (Lipinski definition) is 2. The Bertz CT molecular complexity index is 621. The molecule has 1 aromatic rings. The van der Waals surface area contributed by atoms with Crippen molar-refractivity contribution in [2.45, 2.75) is 12.2 Å². The maximum Gasteiger partial charge on any atom is 0.248 e. The van der Waals surface area contributed by atoms with Crippen LogP contribution in [0.15, 0.2) is 24.3 Å². The summed E-state index contributed by atoms with van der Waals surface area (Å²) in [7, 11) is -3.68. The SMILES string of the molecule is CC(C#N)S(=O)(=O)Nc1cccc(C#CCN)c1. The molecule has 18 heavy (non-hydrogen) atoms. The van der Waals surface area contributed by atoms with Crippen molar-refractivity contribution in [3.05, 3.63) is 29.8 Å². The Kier molecular flexibility index (Phi) is 4.73. The minimum absolute atomic E-state index is 0.238. The van der Waals surface area contributed by atoms with Crippen molar-refractivity contribution < 1.29 is 8.42 Å². The molecule has 94 valence electrons. The van der Waals surface area contributed by atoms with E-state index in [4.69, 9.17) is 11.0 Å². The van der Waals surface area contributed by atoms with Crippen LogP contribution in [0.1, 0.15) is 12.5 Å². The number of anilines is 1. The van der Waals surface area contributed by atoms with E-state index in [1.807, 2.05) is 0 Å². The zero-order valence-electron chi connectivity index (χ0n) is 9.84. The Morgan fingerprint density at radius 2 is 2.22 bits per heavy atom. The van der Waals surface area contributed by atoms with Gasteiger partial charge in [0.15, 0.2) is 5.25 Å². The lowest BCUT2D eigenvalue weighted by Gasteiger charge is -2.09. The molecule has 0 radical (unpaired) electrons. The highest BCUT2D eigenvalue weighted by Gasteiger charge is 2.19. The van der Waals surface area contributed by atoms with Crippen LogP contribution in [0, 0.1) is 23.2 Å². The second kappa shape index (κ2) is 6.06. The van der Waals surface area contributed by atoms with Crippen LogP contribution in [0.4, 0.5) is 5.69 Å². The number of nitriles is 1. The van der Waals surface area contributed by atoms with Gasteiger partial charge in [-0.15, -0.1) is 0 Å². The van der Waals surface area contributed by atoms with E-state index in [0.29, 0.717) is 11.3 Å². The molecule has 0 saturated carbocycles. The lowest BCUT2D eigenvalue weighted by atomic mass is 10.2. The van der Waals surface area contributed by atoms with Gasteiger partial charge in [-0.3, -0.25) is 4.72 Å². The van der Waals surface area contributed by atoms with Gasteiger partial charge in [0.1, 0.15) is 0 Å². The summed E-state index contributed by atoms with van der Waals surface area (Å²) in [6.45, 7) is 1.56. The van der Waals surface area contributed by atoms with Crippen LogP contribution in [-0.2, 0) is 10.0 Å². The molecule has 5 nitrogen and oxygen atoms in total. The summed E-state index contributed by atoms with van der Waals surface area (Å²) in [5, 5.41) is 7.50. The molecule has 0 fully saturated rings. The molecule has 0 aliphatic heterocycles. The lowest BCUT2D eigenvalue weighted by Crippen LogP contribution is -2.23. The fraction of sp³-hybridized carbons (Fsp3) is 0.250. The minimum atomic E-state index is -3.68. The van der Waals surface area contributed by atoms with Crippen molar-refractivity contribution >= 4 is 15.7 Å². The quantitative estimate of drug-likeness (QED) is 0.783. The van der Waals surface area contributed by atoms with E-state index >= 15 is 0 Å². The molecule has 0 heterocycles. The third-order valence-electron chi connectivity index (χ3n) is 2.10. The number of nitrogens with two attached hydrogens (primary N) is 1. The summed E-state index contributed by atoms with van der Waals surface area (Å²) in [5.74, 6) is 5.48. The van der Waals surface area contributed by atoms with Gasteiger partial charge in [0.2, 0.25) is 10.0 Å². The lowest BCUT2D eigenvalue weighted by molar-refractivity contribution is 0.597. The summed E-state index contributed by atoms with van der Waals surface area (Å²) in [4.78, 5) is 0. The summed E-state index contributed by atoms with van der Waals surface area (Å²) in [6.07, 6.45) is 0. The van der Waals surface area contributed by atoms with Gasteiger partial charge in [-0.1, -0.05) is 17.9 Å². The Balaban J connectivity index is 2.97. The fourth-order valence-corrected chi connectivity index (χ4v) is 1.91. The maximum atomic E-state index is 11.7. The molecule has 0 saturated heterocycles. The molecule has 0 aliphatic rings. The first-order valence-electron chi connectivity index (χ1n) is 5.20. The number of nitrogens with zero attached hydrogens (tertiary/aromatic N) is 1. The summed E-state index contributed by atoms with van der Waals surface area (Å²) >= 11 is 0. The summed E-state index contributed by atoms with van der Waals surface area (Å²) in [5.41, 5.74) is 6.29. The molecule has 1 unspecified atom stereocenters. The second-order valence-electron chi connectivity index (χ2n) is 3.51. The van der Waals surface area contributed by atoms with Crippen LogP contribution >= 0.6 is 0 Å². The standard InChI is InChI=1S/C12H13N3O2S/c1-10(9-14)18(16,17)15-12-6-2-4-11(8-12)5-3-7-13/h2,4,6,8,10,15H,7,13H2,1H3. The van der Waals surface area contributed by atoms with E-state index in [0.717, 1.165) is 0 Å². The first-order chi connectivity index (χ1) is 8.49. The van der Waals surface area contributed by atoms with Crippen molar-refractivity contribution in [1.82, 2.24) is 0 Å². The van der Waals surface area contributed by atoms with E-state index in [9.17, 15) is 8.42 Å². The van der Waals surface area contributed by atoms with E-state index in [1.165, 1.54) is 6.92 Å². The number of rotatable bonds is 3. The molecule has 3 N–H and O–H groups in total. The monoisotopic (exact) mass is 263 g/mol.